The second-order valence-electron chi connectivity index (χ2n) is 11.1. The average molecular weight is 543 g/mol. The van der Waals surface area contributed by atoms with E-state index in [1.807, 2.05) is 10.9 Å². The summed E-state index contributed by atoms with van der Waals surface area (Å²) in [4.78, 5) is 55.0. The highest BCUT2D eigenvalue weighted by molar-refractivity contribution is 6.23. The lowest BCUT2D eigenvalue weighted by atomic mass is 9.80. The molecular formula is C29H27FN6O4. The molecule has 1 unspecified atom stereocenters. The maximum absolute atomic E-state index is 14.5. The standard InChI is InChI=1S/C29H27FN6O4/c30-22-2-1-9-31-26(22)21-14-35(34-25(21)16-3-4-16)18-10-15(11-18)13-32-17-5-6-19-20(12-17)29(40)36(28(19)39)23-7-8-24(37)33-27(23)38/h1-2,5-6,9,12,14-16,18,23,32H,3-4,7-8,10-11,13H2,(H,33,37,38). The second-order valence-corrected chi connectivity index (χ2v) is 11.1. The van der Waals surface area contributed by atoms with E-state index in [0.29, 0.717) is 24.1 Å². The van der Waals surface area contributed by atoms with E-state index in [0.717, 1.165) is 47.5 Å². The summed E-state index contributed by atoms with van der Waals surface area (Å²) in [7, 11) is 0. The number of aromatic nitrogens is 3. The highest BCUT2D eigenvalue weighted by Crippen LogP contribution is 2.46. The molecular weight excluding hydrogens is 515 g/mol. The Bertz CT molecular complexity index is 1570. The summed E-state index contributed by atoms with van der Waals surface area (Å²) in [6.07, 6.45) is 7.70. The Morgan fingerprint density at radius 1 is 1.00 bits per heavy atom. The Balaban J connectivity index is 0.993. The molecule has 3 fully saturated rings. The first kappa shape index (κ1) is 24.6. The van der Waals surface area contributed by atoms with Gasteiger partial charge in [0, 0.05) is 42.5 Å². The molecule has 3 aromatic rings. The van der Waals surface area contributed by atoms with E-state index in [-0.39, 0.29) is 35.8 Å². The fourth-order valence-electron chi connectivity index (χ4n) is 5.94. The van der Waals surface area contributed by atoms with Crippen LogP contribution in [0, 0.1) is 11.7 Å². The van der Waals surface area contributed by atoms with Crippen molar-refractivity contribution in [2.24, 2.45) is 5.92 Å². The van der Waals surface area contributed by atoms with Crippen molar-refractivity contribution in [3.8, 4) is 11.3 Å². The van der Waals surface area contributed by atoms with E-state index < -0.39 is 29.7 Å². The third kappa shape index (κ3) is 4.16. The number of amides is 4. The molecule has 2 aromatic heterocycles. The number of halogens is 1. The number of hydrogen-bond acceptors (Lipinski definition) is 7. The lowest BCUT2D eigenvalue weighted by molar-refractivity contribution is -0.136. The minimum Gasteiger partial charge on any atom is -0.385 e. The number of hydrogen-bond donors (Lipinski definition) is 2. The first-order valence-corrected chi connectivity index (χ1v) is 13.7. The number of carbonyl (C=O) groups is 4. The zero-order valence-corrected chi connectivity index (χ0v) is 21.6. The van der Waals surface area contributed by atoms with Gasteiger partial charge >= 0.3 is 0 Å². The topological polar surface area (TPSA) is 126 Å². The van der Waals surface area contributed by atoms with E-state index in [4.69, 9.17) is 5.10 Å². The Kier molecular flexibility index (Phi) is 5.76. The smallest absolute Gasteiger partial charge is 0.262 e. The zero-order chi connectivity index (χ0) is 27.5. The maximum Gasteiger partial charge on any atom is 0.262 e. The van der Waals surface area contributed by atoms with Gasteiger partial charge in [-0.15, -0.1) is 0 Å². The van der Waals surface area contributed by atoms with Gasteiger partial charge in [0.1, 0.15) is 17.6 Å². The second kappa shape index (κ2) is 9.35. The van der Waals surface area contributed by atoms with Crippen molar-refractivity contribution in [1.29, 1.82) is 0 Å². The van der Waals surface area contributed by atoms with Crippen molar-refractivity contribution in [1.82, 2.24) is 25.0 Å². The molecule has 1 aromatic carbocycles. The lowest BCUT2D eigenvalue weighted by Gasteiger charge is -2.35. The largest absolute Gasteiger partial charge is 0.385 e. The van der Waals surface area contributed by atoms with Crippen molar-refractivity contribution in [2.75, 3.05) is 11.9 Å². The van der Waals surface area contributed by atoms with Gasteiger partial charge in [-0.2, -0.15) is 5.10 Å². The number of pyridine rings is 1. The molecule has 2 saturated carbocycles. The van der Waals surface area contributed by atoms with Crippen molar-refractivity contribution in [2.45, 2.75) is 56.5 Å². The molecule has 4 heterocycles. The third-order valence-corrected chi connectivity index (χ3v) is 8.36. The van der Waals surface area contributed by atoms with Crippen LogP contribution in [0.2, 0.25) is 0 Å². The van der Waals surface area contributed by atoms with Gasteiger partial charge in [-0.05, 0) is 68.4 Å². The summed E-state index contributed by atoms with van der Waals surface area (Å²) < 4.78 is 16.4. The summed E-state index contributed by atoms with van der Waals surface area (Å²) in [5.74, 6) is -1.64. The van der Waals surface area contributed by atoms with Gasteiger partial charge in [0.05, 0.1) is 22.9 Å². The van der Waals surface area contributed by atoms with Gasteiger partial charge < -0.3 is 5.32 Å². The summed E-state index contributed by atoms with van der Waals surface area (Å²) in [6.45, 7) is 0.687. The molecule has 0 bridgehead atoms. The molecule has 2 aliphatic carbocycles. The van der Waals surface area contributed by atoms with Gasteiger partial charge in [-0.25, -0.2) is 4.39 Å². The van der Waals surface area contributed by atoms with Crippen molar-refractivity contribution < 1.29 is 23.6 Å². The van der Waals surface area contributed by atoms with Crippen LogP contribution in [0.25, 0.3) is 11.3 Å². The Morgan fingerprint density at radius 3 is 2.55 bits per heavy atom. The Labute approximate surface area is 228 Å². The van der Waals surface area contributed by atoms with Crippen molar-refractivity contribution in [3.05, 3.63) is 65.4 Å². The monoisotopic (exact) mass is 542 g/mol. The highest BCUT2D eigenvalue weighted by atomic mass is 19.1. The van der Waals surface area contributed by atoms with E-state index in [1.54, 1.807) is 30.5 Å². The minimum atomic E-state index is -0.981. The molecule has 4 aliphatic rings. The number of fused-ring (bicyclic) bond motifs is 1. The molecule has 11 heteroatoms. The zero-order valence-electron chi connectivity index (χ0n) is 21.6. The number of piperidine rings is 1. The van der Waals surface area contributed by atoms with Crippen LogP contribution >= 0.6 is 0 Å². The van der Waals surface area contributed by atoms with Gasteiger partial charge in [0.2, 0.25) is 11.8 Å². The van der Waals surface area contributed by atoms with E-state index in [1.165, 1.54) is 6.07 Å². The maximum atomic E-state index is 14.5. The predicted octanol–water partition coefficient (Wildman–Crippen LogP) is 3.43. The fraction of sp³-hybridized carbons (Fsp3) is 0.379. The van der Waals surface area contributed by atoms with Crippen molar-refractivity contribution in [3.63, 3.8) is 0 Å². The molecule has 1 atom stereocenters. The number of benzene rings is 1. The summed E-state index contributed by atoms with van der Waals surface area (Å²) in [5, 5.41) is 10.4. The van der Waals surface area contributed by atoms with Crippen LogP contribution in [0.5, 0.6) is 0 Å². The molecule has 40 heavy (non-hydrogen) atoms. The number of rotatable bonds is 7. The molecule has 2 N–H and O–H groups in total. The van der Waals surface area contributed by atoms with Crippen LogP contribution in [0.3, 0.4) is 0 Å². The van der Waals surface area contributed by atoms with Crippen LogP contribution in [0.15, 0.2) is 42.7 Å². The number of imide groups is 2. The molecule has 2 aliphatic heterocycles. The fourth-order valence-corrected chi connectivity index (χ4v) is 5.94. The molecule has 4 amide bonds. The quantitative estimate of drug-likeness (QED) is 0.438. The number of nitrogens with one attached hydrogen (secondary N) is 2. The lowest BCUT2D eigenvalue weighted by Crippen LogP contribution is -2.54. The molecule has 0 spiro atoms. The molecule has 1 saturated heterocycles. The first-order valence-electron chi connectivity index (χ1n) is 13.7. The molecule has 7 rings (SSSR count). The van der Waals surface area contributed by atoms with Crippen LogP contribution < -0.4 is 10.6 Å². The molecule has 10 nitrogen and oxygen atoms in total. The number of nitrogens with zero attached hydrogens (tertiary/aromatic N) is 4. The highest BCUT2D eigenvalue weighted by Gasteiger charge is 2.44. The van der Waals surface area contributed by atoms with E-state index >= 15 is 0 Å². The van der Waals surface area contributed by atoms with E-state index in [2.05, 4.69) is 15.6 Å². The normalized spacial score (nSPS) is 24.1. The van der Waals surface area contributed by atoms with Crippen LogP contribution in [-0.2, 0) is 9.59 Å². The predicted molar refractivity (Wildman–Crippen MR) is 141 cm³/mol. The van der Waals surface area contributed by atoms with Crippen molar-refractivity contribution >= 4 is 29.3 Å². The van der Waals surface area contributed by atoms with Crippen LogP contribution in [0.4, 0.5) is 10.1 Å². The summed E-state index contributed by atoms with van der Waals surface area (Å²) in [6, 6.07) is 7.28. The van der Waals surface area contributed by atoms with Gasteiger partial charge in [-0.3, -0.25) is 39.1 Å². The number of anilines is 1. The Hall–Kier alpha value is -4.41. The third-order valence-electron chi connectivity index (χ3n) is 8.36. The Morgan fingerprint density at radius 2 is 1.80 bits per heavy atom. The SMILES string of the molecule is O=C1CCC(N2C(=O)c3ccc(NCC4CC(n5cc(-c6ncccc6F)c(C6CC6)n5)C4)cc3C2=O)C(=O)N1. The average Bonchev–Trinajstić information content (AvgIpc) is 3.63. The van der Waals surface area contributed by atoms with Crippen LogP contribution in [0.1, 0.15) is 76.9 Å². The summed E-state index contributed by atoms with van der Waals surface area (Å²) in [5.41, 5.74) is 3.30. The van der Waals surface area contributed by atoms with Gasteiger partial charge in [0.25, 0.3) is 11.8 Å². The van der Waals surface area contributed by atoms with Gasteiger partial charge in [-0.1, -0.05) is 0 Å². The number of carbonyl (C=O) groups excluding carboxylic acids is 4. The van der Waals surface area contributed by atoms with E-state index in [9.17, 15) is 23.6 Å². The van der Waals surface area contributed by atoms with Crippen LogP contribution in [-0.4, -0.2) is 55.9 Å². The molecule has 204 valence electrons. The summed E-state index contributed by atoms with van der Waals surface area (Å²) >= 11 is 0. The first-order chi connectivity index (χ1) is 19.4. The molecule has 0 radical (unpaired) electrons. The minimum absolute atomic E-state index is 0.0841. The van der Waals surface area contributed by atoms with Gasteiger partial charge in [0.15, 0.2) is 0 Å².